The maximum atomic E-state index is 12.5. The SMILES string of the molecule is Cc1cc(C(=O)CSc2nnc(N)s2)c(C)n1C1CCCC1. The van der Waals surface area contributed by atoms with Crippen molar-refractivity contribution in [3.8, 4) is 0 Å². The average molecular weight is 336 g/mol. The molecule has 0 amide bonds. The number of aromatic nitrogens is 3. The maximum Gasteiger partial charge on any atom is 0.203 e. The van der Waals surface area contributed by atoms with E-state index >= 15 is 0 Å². The Morgan fingerprint density at radius 1 is 1.41 bits per heavy atom. The Morgan fingerprint density at radius 3 is 2.77 bits per heavy atom. The molecule has 2 heterocycles. The van der Waals surface area contributed by atoms with Gasteiger partial charge in [0.2, 0.25) is 5.13 Å². The molecule has 0 bridgehead atoms. The minimum Gasteiger partial charge on any atom is -0.374 e. The van der Waals surface area contributed by atoms with Crippen LogP contribution in [0.25, 0.3) is 0 Å². The number of rotatable bonds is 5. The zero-order valence-corrected chi connectivity index (χ0v) is 14.5. The summed E-state index contributed by atoms with van der Waals surface area (Å²) in [5.41, 5.74) is 8.69. The Morgan fingerprint density at radius 2 is 2.14 bits per heavy atom. The van der Waals surface area contributed by atoms with Crippen LogP contribution in [0.4, 0.5) is 5.13 Å². The fraction of sp³-hybridized carbons (Fsp3) is 0.533. The van der Waals surface area contributed by atoms with Crippen molar-refractivity contribution < 1.29 is 4.79 Å². The van der Waals surface area contributed by atoms with Crippen molar-refractivity contribution in [3.63, 3.8) is 0 Å². The first-order chi connectivity index (χ1) is 10.6. The number of carbonyl (C=O) groups excluding carboxylic acids is 1. The van der Waals surface area contributed by atoms with Gasteiger partial charge in [-0.15, -0.1) is 10.2 Å². The van der Waals surface area contributed by atoms with E-state index in [-0.39, 0.29) is 5.78 Å². The molecule has 1 aliphatic carbocycles. The van der Waals surface area contributed by atoms with Crippen LogP contribution in [0, 0.1) is 13.8 Å². The summed E-state index contributed by atoms with van der Waals surface area (Å²) in [7, 11) is 0. The van der Waals surface area contributed by atoms with Gasteiger partial charge in [-0.25, -0.2) is 0 Å². The second-order valence-electron chi connectivity index (χ2n) is 5.71. The van der Waals surface area contributed by atoms with Gasteiger partial charge < -0.3 is 10.3 Å². The summed E-state index contributed by atoms with van der Waals surface area (Å²) in [6.07, 6.45) is 5.03. The molecular formula is C15H20N4OS2. The van der Waals surface area contributed by atoms with Crippen LogP contribution >= 0.6 is 23.1 Å². The predicted molar refractivity (Wildman–Crippen MR) is 90.8 cm³/mol. The Balaban J connectivity index is 1.73. The second-order valence-corrected chi connectivity index (χ2v) is 7.94. The average Bonchev–Trinajstić information content (AvgIpc) is 3.18. The van der Waals surface area contributed by atoms with Crippen LogP contribution in [0.1, 0.15) is 53.5 Å². The van der Waals surface area contributed by atoms with E-state index in [1.165, 1.54) is 54.5 Å². The van der Waals surface area contributed by atoms with Gasteiger partial charge in [0.05, 0.1) is 5.75 Å². The van der Waals surface area contributed by atoms with Gasteiger partial charge in [0.25, 0.3) is 0 Å². The van der Waals surface area contributed by atoms with Gasteiger partial charge in [0, 0.05) is 23.0 Å². The lowest BCUT2D eigenvalue weighted by Gasteiger charge is -2.17. The highest BCUT2D eigenvalue weighted by Crippen LogP contribution is 2.34. The Bertz CT molecular complexity index is 686. The largest absolute Gasteiger partial charge is 0.374 e. The molecule has 0 unspecified atom stereocenters. The number of Topliss-reactive ketones (excluding diaryl/α,β-unsaturated/α-hetero) is 1. The minimum atomic E-state index is 0.149. The summed E-state index contributed by atoms with van der Waals surface area (Å²) in [5, 5.41) is 8.14. The van der Waals surface area contributed by atoms with Crippen molar-refractivity contribution in [2.45, 2.75) is 49.9 Å². The van der Waals surface area contributed by atoms with Crippen molar-refractivity contribution in [2.24, 2.45) is 0 Å². The van der Waals surface area contributed by atoms with Crippen molar-refractivity contribution in [2.75, 3.05) is 11.5 Å². The van der Waals surface area contributed by atoms with E-state index in [9.17, 15) is 4.79 Å². The summed E-state index contributed by atoms with van der Waals surface area (Å²) >= 11 is 2.73. The molecule has 3 rings (SSSR count). The zero-order valence-electron chi connectivity index (χ0n) is 12.8. The van der Waals surface area contributed by atoms with Gasteiger partial charge in [-0.05, 0) is 32.8 Å². The molecule has 1 saturated carbocycles. The number of aryl methyl sites for hydroxylation is 1. The number of nitrogens with two attached hydrogens (primary N) is 1. The van der Waals surface area contributed by atoms with Crippen LogP contribution in [0.3, 0.4) is 0 Å². The lowest BCUT2D eigenvalue weighted by molar-refractivity contribution is 0.102. The molecule has 0 spiro atoms. The third-order valence-electron chi connectivity index (χ3n) is 4.22. The third kappa shape index (κ3) is 3.05. The van der Waals surface area contributed by atoms with Gasteiger partial charge in [-0.2, -0.15) is 0 Å². The van der Waals surface area contributed by atoms with Gasteiger partial charge in [0.1, 0.15) is 0 Å². The number of nitrogen functional groups attached to an aromatic ring is 1. The van der Waals surface area contributed by atoms with E-state index < -0.39 is 0 Å². The molecule has 5 nitrogen and oxygen atoms in total. The first kappa shape index (κ1) is 15.6. The highest BCUT2D eigenvalue weighted by Gasteiger charge is 2.23. The lowest BCUT2D eigenvalue weighted by atomic mass is 10.2. The predicted octanol–water partition coefficient (Wildman–Crippen LogP) is 3.63. The molecule has 7 heteroatoms. The fourth-order valence-electron chi connectivity index (χ4n) is 3.27. The van der Waals surface area contributed by atoms with E-state index in [1.807, 2.05) is 6.07 Å². The highest BCUT2D eigenvalue weighted by molar-refractivity contribution is 8.01. The van der Waals surface area contributed by atoms with E-state index in [0.29, 0.717) is 16.9 Å². The molecule has 0 saturated heterocycles. The summed E-state index contributed by atoms with van der Waals surface area (Å²) in [5.74, 6) is 0.528. The van der Waals surface area contributed by atoms with Crippen LogP contribution in [-0.2, 0) is 0 Å². The summed E-state index contributed by atoms with van der Waals surface area (Å²) < 4.78 is 3.10. The second kappa shape index (κ2) is 6.42. The zero-order chi connectivity index (χ0) is 15.7. The van der Waals surface area contributed by atoms with Crippen molar-refractivity contribution in [3.05, 3.63) is 23.0 Å². The Hall–Kier alpha value is -1.34. The molecule has 118 valence electrons. The molecule has 2 aromatic rings. The van der Waals surface area contributed by atoms with Crippen LogP contribution in [-0.4, -0.2) is 26.3 Å². The fourth-order valence-corrected chi connectivity index (χ4v) is 4.79. The quantitative estimate of drug-likeness (QED) is 0.666. The lowest BCUT2D eigenvalue weighted by Crippen LogP contribution is -2.10. The van der Waals surface area contributed by atoms with Crippen LogP contribution < -0.4 is 5.73 Å². The monoisotopic (exact) mass is 336 g/mol. The van der Waals surface area contributed by atoms with Gasteiger partial charge in [0.15, 0.2) is 10.1 Å². The van der Waals surface area contributed by atoms with Crippen molar-refractivity contribution >= 4 is 34.0 Å². The first-order valence-corrected chi connectivity index (χ1v) is 9.30. The summed E-state index contributed by atoms with van der Waals surface area (Å²) in [4.78, 5) is 12.5. The number of hydrogen-bond acceptors (Lipinski definition) is 6. The first-order valence-electron chi connectivity index (χ1n) is 7.49. The number of thioether (sulfide) groups is 1. The molecule has 2 aromatic heterocycles. The number of nitrogens with zero attached hydrogens (tertiary/aromatic N) is 3. The molecule has 22 heavy (non-hydrogen) atoms. The number of hydrogen-bond donors (Lipinski definition) is 1. The van der Waals surface area contributed by atoms with Crippen molar-refractivity contribution in [1.29, 1.82) is 0 Å². The van der Waals surface area contributed by atoms with Crippen LogP contribution in [0.15, 0.2) is 10.4 Å². The number of anilines is 1. The molecule has 2 N–H and O–H groups in total. The number of ketones is 1. The third-order valence-corrected chi connectivity index (χ3v) is 6.11. The van der Waals surface area contributed by atoms with Gasteiger partial charge in [-0.3, -0.25) is 4.79 Å². The molecule has 0 aliphatic heterocycles. The maximum absolute atomic E-state index is 12.5. The normalized spacial score (nSPS) is 15.5. The number of carbonyl (C=O) groups is 1. The molecule has 1 fully saturated rings. The summed E-state index contributed by atoms with van der Waals surface area (Å²) in [6.45, 7) is 4.16. The topological polar surface area (TPSA) is 73.8 Å². The van der Waals surface area contributed by atoms with Crippen LogP contribution in [0.2, 0.25) is 0 Å². The Kier molecular flexibility index (Phi) is 4.54. The molecular weight excluding hydrogens is 316 g/mol. The van der Waals surface area contributed by atoms with Crippen molar-refractivity contribution in [1.82, 2.24) is 14.8 Å². The minimum absolute atomic E-state index is 0.149. The van der Waals surface area contributed by atoms with Crippen LogP contribution in [0.5, 0.6) is 0 Å². The van der Waals surface area contributed by atoms with E-state index in [2.05, 4.69) is 28.6 Å². The molecule has 0 radical (unpaired) electrons. The van der Waals surface area contributed by atoms with Gasteiger partial charge >= 0.3 is 0 Å². The van der Waals surface area contributed by atoms with E-state index in [4.69, 9.17) is 5.73 Å². The highest BCUT2D eigenvalue weighted by atomic mass is 32.2. The molecule has 1 aliphatic rings. The smallest absolute Gasteiger partial charge is 0.203 e. The van der Waals surface area contributed by atoms with Gasteiger partial charge in [-0.1, -0.05) is 35.9 Å². The standard InChI is InChI=1S/C15H20N4OS2/c1-9-7-12(10(2)19(9)11-5-3-4-6-11)13(20)8-21-15-18-17-14(16)22-15/h7,11H,3-6,8H2,1-2H3,(H2,16,17). The van der Waals surface area contributed by atoms with E-state index in [0.717, 1.165) is 15.6 Å². The summed E-state index contributed by atoms with van der Waals surface area (Å²) in [6, 6.07) is 2.60. The van der Waals surface area contributed by atoms with E-state index in [1.54, 1.807) is 0 Å². The Labute approximate surface area is 138 Å². The molecule has 0 atom stereocenters. The molecule has 0 aromatic carbocycles.